The van der Waals surface area contributed by atoms with Gasteiger partial charge in [-0.05, 0) is 29.3 Å². The average Bonchev–Trinajstić information content (AvgIpc) is 2.61. The average molecular weight is 278 g/mol. The van der Waals surface area contributed by atoms with Gasteiger partial charge in [0.2, 0.25) is 0 Å². The van der Waals surface area contributed by atoms with Crippen molar-refractivity contribution in [2.75, 3.05) is 0 Å². The maximum absolute atomic E-state index is 5.65. The van der Waals surface area contributed by atoms with Crippen LogP contribution in [0.2, 0.25) is 0 Å². The molecule has 0 fully saturated rings. The first-order valence-corrected chi connectivity index (χ1v) is 7.10. The van der Waals surface area contributed by atoms with Crippen molar-refractivity contribution in [3.8, 4) is 35.3 Å². The molecule has 22 heavy (non-hydrogen) atoms. The summed E-state index contributed by atoms with van der Waals surface area (Å²) in [5, 5.41) is 0. The second-order valence-corrected chi connectivity index (χ2v) is 4.85. The van der Waals surface area contributed by atoms with Crippen LogP contribution in [0, 0.1) is 24.2 Å². The molecule has 0 amide bonds. The van der Waals surface area contributed by atoms with E-state index in [1.54, 1.807) is 0 Å². The van der Waals surface area contributed by atoms with E-state index in [1.165, 1.54) is 0 Å². The summed E-state index contributed by atoms with van der Waals surface area (Å²) < 4.78 is 0. The van der Waals surface area contributed by atoms with Crippen molar-refractivity contribution in [3.05, 3.63) is 95.6 Å². The Morgan fingerprint density at radius 3 is 2.00 bits per heavy atom. The minimum absolute atomic E-state index is 0.824. The van der Waals surface area contributed by atoms with Crippen LogP contribution in [0.15, 0.2) is 78.9 Å². The van der Waals surface area contributed by atoms with Gasteiger partial charge in [0.05, 0.1) is 0 Å². The highest BCUT2D eigenvalue weighted by Gasteiger charge is 2.06. The van der Waals surface area contributed by atoms with Gasteiger partial charge in [0.1, 0.15) is 0 Å². The highest BCUT2D eigenvalue weighted by molar-refractivity contribution is 5.75. The summed E-state index contributed by atoms with van der Waals surface area (Å²) in [5.41, 5.74) is 4.90. The molecule has 3 aromatic rings. The minimum atomic E-state index is 0.824. The van der Waals surface area contributed by atoms with Crippen molar-refractivity contribution in [3.63, 3.8) is 0 Å². The predicted molar refractivity (Wildman–Crippen MR) is 92.2 cm³/mol. The van der Waals surface area contributed by atoms with Crippen LogP contribution in [0.3, 0.4) is 0 Å². The molecular weight excluding hydrogens is 264 g/mol. The first-order chi connectivity index (χ1) is 10.9. The Morgan fingerprint density at radius 1 is 0.636 bits per heavy atom. The van der Waals surface area contributed by atoms with E-state index in [1.807, 2.05) is 60.7 Å². The maximum Gasteiger partial charge on any atom is 0.0483 e. The third kappa shape index (κ3) is 2.93. The van der Waals surface area contributed by atoms with Crippen molar-refractivity contribution in [1.82, 2.24) is 0 Å². The molecule has 0 radical (unpaired) electrons. The molecule has 0 nitrogen and oxygen atoms in total. The first-order valence-electron chi connectivity index (χ1n) is 7.10. The molecule has 0 saturated heterocycles. The van der Waals surface area contributed by atoms with Crippen molar-refractivity contribution in [2.45, 2.75) is 0 Å². The zero-order chi connectivity index (χ0) is 15.2. The van der Waals surface area contributed by atoms with E-state index >= 15 is 0 Å². The van der Waals surface area contributed by atoms with Crippen LogP contribution in [0.1, 0.15) is 16.7 Å². The van der Waals surface area contributed by atoms with Gasteiger partial charge >= 0.3 is 0 Å². The molecule has 0 saturated carbocycles. The fraction of sp³-hybridized carbons (Fsp3) is 0. The lowest BCUT2D eigenvalue weighted by Gasteiger charge is -2.07. The number of terminal acetylenes is 1. The zero-order valence-electron chi connectivity index (χ0n) is 12.1. The molecule has 0 atom stereocenters. The third-order valence-corrected chi connectivity index (χ3v) is 3.41. The van der Waals surface area contributed by atoms with Gasteiger partial charge in [-0.3, -0.25) is 0 Å². The molecule has 0 heterocycles. The van der Waals surface area contributed by atoms with Crippen molar-refractivity contribution >= 4 is 0 Å². The topological polar surface area (TPSA) is 0 Å². The Bertz CT molecular complexity index is 870. The minimum Gasteiger partial charge on any atom is -0.115 e. The van der Waals surface area contributed by atoms with Crippen molar-refractivity contribution in [2.24, 2.45) is 0 Å². The lowest BCUT2D eigenvalue weighted by Crippen LogP contribution is -1.89. The maximum atomic E-state index is 5.65. The van der Waals surface area contributed by atoms with Gasteiger partial charge in [0.25, 0.3) is 0 Å². The molecule has 3 aromatic carbocycles. The molecule has 0 unspecified atom stereocenters. The predicted octanol–water partition coefficient (Wildman–Crippen LogP) is 4.73. The molecule has 0 N–H and O–H groups in total. The van der Waals surface area contributed by atoms with Crippen LogP contribution >= 0.6 is 0 Å². The summed E-state index contributed by atoms with van der Waals surface area (Å²) in [6.07, 6.45) is 5.65. The Kier molecular flexibility index (Phi) is 4.05. The molecule has 0 aliphatic heterocycles. The number of hydrogen-bond donors (Lipinski definition) is 0. The van der Waals surface area contributed by atoms with Crippen LogP contribution in [-0.4, -0.2) is 0 Å². The smallest absolute Gasteiger partial charge is 0.0483 e. The summed E-state index contributed by atoms with van der Waals surface area (Å²) in [6, 6.07) is 26.1. The first kappa shape index (κ1) is 13.7. The van der Waals surface area contributed by atoms with E-state index in [0.29, 0.717) is 0 Å². The van der Waals surface area contributed by atoms with Crippen LogP contribution in [0.4, 0.5) is 0 Å². The van der Waals surface area contributed by atoms with Crippen molar-refractivity contribution < 1.29 is 0 Å². The number of hydrogen-bond acceptors (Lipinski definition) is 0. The molecule has 0 bridgehead atoms. The molecule has 0 spiro atoms. The number of benzene rings is 3. The van der Waals surface area contributed by atoms with Gasteiger partial charge in [0.15, 0.2) is 0 Å². The Morgan fingerprint density at radius 2 is 1.32 bits per heavy atom. The van der Waals surface area contributed by atoms with E-state index in [2.05, 4.69) is 36.0 Å². The van der Waals surface area contributed by atoms with Gasteiger partial charge in [0, 0.05) is 16.7 Å². The summed E-state index contributed by atoms with van der Waals surface area (Å²) in [6.45, 7) is 0. The lowest BCUT2D eigenvalue weighted by molar-refractivity contribution is 1.55. The third-order valence-electron chi connectivity index (χ3n) is 3.41. The number of rotatable bonds is 1. The SMILES string of the molecule is C#Cc1cccc(-c2ccccc2)c1C#Cc1ccccc1. The molecule has 3 rings (SSSR count). The molecular formula is C22H14. The molecule has 0 aromatic heterocycles. The summed E-state index contributed by atoms with van der Waals surface area (Å²) in [7, 11) is 0. The normalized spacial score (nSPS) is 9.41. The molecule has 102 valence electrons. The van der Waals surface area contributed by atoms with E-state index in [4.69, 9.17) is 6.42 Å². The Balaban J connectivity index is 2.14. The quantitative estimate of drug-likeness (QED) is 0.564. The van der Waals surface area contributed by atoms with Crippen LogP contribution < -0.4 is 0 Å². The fourth-order valence-electron chi connectivity index (χ4n) is 2.32. The molecule has 0 aliphatic rings. The van der Waals surface area contributed by atoms with Crippen molar-refractivity contribution in [1.29, 1.82) is 0 Å². The molecule has 0 aliphatic carbocycles. The fourth-order valence-corrected chi connectivity index (χ4v) is 2.32. The summed E-state index contributed by atoms with van der Waals surface area (Å²) in [5.74, 6) is 9.19. The highest BCUT2D eigenvalue weighted by atomic mass is 14.1. The Labute approximate surface area is 131 Å². The van der Waals surface area contributed by atoms with Crippen LogP contribution in [-0.2, 0) is 0 Å². The second kappa shape index (κ2) is 6.49. The zero-order valence-corrected chi connectivity index (χ0v) is 12.1. The second-order valence-electron chi connectivity index (χ2n) is 4.85. The van der Waals surface area contributed by atoms with Gasteiger partial charge in [-0.1, -0.05) is 78.4 Å². The van der Waals surface area contributed by atoms with E-state index in [-0.39, 0.29) is 0 Å². The van der Waals surface area contributed by atoms with Crippen LogP contribution in [0.25, 0.3) is 11.1 Å². The molecule has 0 heteroatoms. The van der Waals surface area contributed by atoms with Gasteiger partial charge in [-0.15, -0.1) is 6.42 Å². The largest absolute Gasteiger partial charge is 0.115 e. The van der Waals surface area contributed by atoms with E-state index < -0.39 is 0 Å². The Hall–Kier alpha value is -3.22. The van der Waals surface area contributed by atoms with Gasteiger partial charge in [-0.25, -0.2) is 0 Å². The standard InChI is InChI=1S/C22H14/c1-2-19-14-9-15-21(20-12-7-4-8-13-20)22(19)17-16-18-10-5-3-6-11-18/h1,3-15H. The van der Waals surface area contributed by atoms with E-state index in [0.717, 1.165) is 27.8 Å². The highest BCUT2D eigenvalue weighted by Crippen LogP contribution is 2.25. The van der Waals surface area contributed by atoms with Crippen LogP contribution in [0.5, 0.6) is 0 Å². The monoisotopic (exact) mass is 278 g/mol. The van der Waals surface area contributed by atoms with Gasteiger partial charge in [-0.2, -0.15) is 0 Å². The summed E-state index contributed by atoms with van der Waals surface area (Å²) >= 11 is 0. The lowest BCUT2D eigenvalue weighted by atomic mass is 9.95. The van der Waals surface area contributed by atoms with E-state index in [9.17, 15) is 0 Å². The summed E-state index contributed by atoms with van der Waals surface area (Å²) in [4.78, 5) is 0. The van der Waals surface area contributed by atoms with Gasteiger partial charge < -0.3 is 0 Å².